The summed E-state index contributed by atoms with van der Waals surface area (Å²) in [5.74, 6) is 0.0441. The number of benzene rings is 1. The summed E-state index contributed by atoms with van der Waals surface area (Å²) in [7, 11) is 0. The van der Waals surface area contributed by atoms with Crippen LogP contribution < -0.4 is 5.32 Å². The van der Waals surface area contributed by atoms with Crippen molar-refractivity contribution in [1.29, 1.82) is 0 Å². The van der Waals surface area contributed by atoms with E-state index in [4.69, 9.17) is 11.6 Å². The number of rotatable bonds is 6. The monoisotopic (exact) mass is 335 g/mol. The first-order valence-electron chi connectivity index (χ1n) is 7.62. The number of aromatic amines is 1. The van der Waals surface area contributed by atoms with Gasteiger partial charge in [0.2, 0.25) is 5.91 Å². The van der Waals surface area contributed by atoms with Crippen molar-refractivity contribution in [1.82, 2.24) is 15.5 Å². The molecule has 1 unspecified atom stereocenters. The second kappa shape index (κ2) is 7.62. The van der Waals surface area contributed by atoms with Gasteiger partial charge in [-0.2, -0.15) is 5.10 Å². The summed E-state index contributed by atoms with van der Waals surface area (Å²) in [6.07, 6.45) is 0.212. The summed E-state index contributed by atoms with van der Waals surface area (Å²) >= 11 is 5.92. The van der Waals surface area contributed by atoms with Gasteiger partial charge in [0, 0.05) is 21.8 Å². The normalized spacial score (nSPS) is 12.4. The molecule has 1 amide bonds. The minimum atomic E-state index is -0.242. The van der Waals surface area contributed by atoms with Gasteiger partial charge in [-0.3, -0.25) is 9.89 Å². The van der Waals surface area contributed by atoms with Crippen molar-refractivity contribution in [2.75, 3.05) is 6.61 Å². The molecule has 6 heteroatoms. The number of halogens is 1. The molecule has 23 heavy (non-hydrogen) atoms. The zero-order chi connectivity index (χ0) is 17.0. The Morgan fingerprint density at radius 3 is 2.57 bits per heavy atom. The van der Waals surface area contributed by atoms with Crippen LogP contribution >= 0.6 is 11.6 Å². The van der Waals surface area contributed by atoms with Crippen LogP contribution in [0.2, 0.25) is 5.02 Å². The highest BCUT2D eigenvalue weighted by molar-refractivity contribution is 6.30. The number of nitrogens with one attached hydrogen (secondary N) is 2. The minimum Gasteiger partial charge on any atom is -0.394 e. The highest BCUT2D eigenvalue weighted by atomic mass is 35.5. The van der Waals surface area contributed by atoms with Crippen molar-refractivity contribution < 1.29 is 9.90 Å². The van der Waals surface area contributed by atoms with E-state index in [1.807, 2.05) is 32.9 Å². The Morgan fingerprint density at radius 2 is 2.00 bits per heavy atom. The Labute approximate surface area is 141 Å². The number of aryl methyl sites for hydroxylation is 1. The van der Waals surface area contributed by atoms with Gasteiger partial charge in [0.15, 0.2) is 0 Å². The van der Waals surface area contributed by atoms with Crippen LogP contribution in [0.4, 0.5) is 0 Å². The molecule has 1 aromatic heterocycles. The molecule has 1 aromatic carbocycles. The third-order valence-corrected chi connectivity index (χ3v) is 4.13. The standard InChI is InChI=1S/C17H22ClN3O2/c1-10(2)15(9-22)19-16(23)8-14-11(3)20-21-17(14)12-4-6-13(18)7-5-12/h4-7,10,15,22H,8-9H2,1-3H3,(H,19,23)(H,20,21). The number of hydrogen-bond donors (Lipinski definition) is 3. The van der Waals surface area contributed by atoms with Gasteiger partial charge < -0.3 is 10.4 Å². The third-order valence-electron chi connectivity index (χ3n) is 3.88. The largest absolute Gasteiger partial charge is 0.394 e. The van der Waals surface area contributed by atoms with Gasteiger partial charge in [-0.1, -0.05) is 37.6 Å². The van der Waals surface area contributed by atoms with Crippen molar-refractivity contribution in [3.05, 3.63) is 40.5 Å². The van der Waals surface area contributed by atoms with Gasteiger partial charge in [-0.15, -0.1) is 0 Å². The molecule has 3 N–H and O–H groups in total. The van der Waals surface area contributed by atoms with Crippen molar-refractivity contribution >= 4 is 17.5 Å². The number of aliphatic hydroxyl groups is 1. The molecule has 2 aromatic rings. The summed E-state index contributed by atoms with van der Waals surface area (Å²) < 4.78 is 0. The number of carbonyl (C=O) groups is 1. The molecule has 0 spiro atoms. The van der Waals surface area contributed by atoms with Crippen LogP contribution in [0.1, 0.15) is 25.1 Å². The fourth-order valence-electron chi connectivity index (χ4n) is 2.36. The van der Waals surface area contributed by atoms with Gasteiger partial charge in [0.05, 0.1) is 24.8 Å². The Hall–Kier alpha value is -1.85. The molecule has 0 radical (unpaired) electrons. The predicted molar refractivity (Wildman–Crippen MR) is 91.3 cm³/mol. The van der Waals surface area contributed by atoms with Crippen molar-refractivity contribution in [3.63, 3.8) is 0 Å². The fraction of sp³-hybridized carbons (Fsp3) is 0.412. The van der Waals surface area contributed by atoms with E-state index in [9.17, 15) is 9.90 Å². The van der Waals surface area contributed by atoms with E-state index < -0.39 is 0 Å². The first kappa shape index (κ1) is 17.5. The van der Waals surface area contributed by atoms with E-state index in [2.05, 4.69) is 15.5 Å². The molecule has 1 atom stereocenters. The maximum Gasteiger partial charge on any atom is 0.224 e. The Balaban J connectivity index is 2.19. The molecule has 0 aliphatic heterocycles. The molecule has 124 valence electrons. The van der Waals surface area contributed by atoms with E-state index in [0.29, 0.717) is 5.02 Å². The lowest BCUT2D eigenvalue weighted by molar-refractivity contribution is -0.121. The predicted octanol–water partition coefficient (Wildman–Crippen LogP) is 2.71. The number of nitrogens with zero attached hydrogens (tertiary/aromatic N) is 1. The topological polar surface area (TPSA) is 78.0 Å². The molecule has 0 fully saturated rings. The molecular weight excluding hydrogens is 314 g/mol. The van der Waals surface area contributed by atoms with Gasteiger partial charge in [-0.25, -0.2) is 0 Å². The number of carbonyl (C=O) groups excluding carboxylic acids is 1. The van der Waals surface area contributed by atoms with Gasteiger partial charge in [0.1, 0.15) is 0 Å². The van der Waals surface area contributed by atoms with Crippen molar-refractivity contribution in [2.45, 2.75) is 33.2 Å². The number of H-pyrrole nitrogens is 1. The fourth-order valence-corrected chi connectivity index (χ4v) is 2.48. The lowest BCUT2D eigenvalue weighted by Gasteiger charge is -2.20. The van der Waals surface area contributed by atoms with E-state index >= 15 is 0 Å². The molecule has 0 saturated heterocycles. The molecule has 5 nitrogen and oxygen atoms in total. The maximum absolute atomic E-state index is 12.3. The zero-order valence-corrected chi connectivity index (χ0v) is 14.3. The first-order chi connectivity index (χ1) is 10.9. The molecule has 0 aliphatic rings. The second-order valence-electron chi connectivity index (χ2n) is 5.96. The minimum absolute atomic E-state index is 0.0716. The summed E-state index contributed by atoms with van der Waals surface area (Å²) in [6.45, 7) is 5.74. The number of amides is 1. The summed E-state index contributed by atoms with van der Waals surface area (Å²) in [4.78, 5) is 12.3. The summed E-state index contributed by atoms with van der Waals surface area (Å²) in [5, 5.41) is 20.1. The highest BCUT2D eigenvalue weighted by Crippen LogP contribution is 2.25. The van der Waals surface area contributed by atoms with Crippen LogP contribution in [0.25, 0.3) is 11.3 Å². The smallest absolute Gasteiger partial charge is 0.224 e. The first-order valence-corrected chi connectivity index (χ1v) is 8.00. The van der Waals surface area contributed by atoms with Gasteiger partial charge in [0.25, 0.3) is 0 Å². The summed E-state index contributed by atoms with van der Waals surface area (Å²) in [5.41, 5.74) is 3.36. The van der Waals surface area contributed by atoms with Gasteiger partial charge in [-0.05, 0) is 25.0 Å². The van der Waals surface area contributed by atoms with Crippen molar-refractivity contribution in [2.24, 2.45) is 5.92 Å². The number of aliphatic hydroxyl groups excluding tert-OH is 1. The Bertz CT molecular complexity index is 665. The molecule has 0 aliphatic carbocycles. The van der Waals surface area contributed by atoms with Crippen LogP contribution in [0, 0.1) is 12.8 Å². The average molecular weight is 336 g/mol. The lowest BCUT2D eigenvalue weighted by atomic mass is 10.0. The molecular formula is C17H22ClN3O2. The van der Waals surface area contributed by atoms with E-state index in [-0.39, 0.29) is 30.9 Å². The van der Waals surface area contributed by atoms with E-state index in [1.165, 1.54) is 0 Å². The van der Waals surface area contributed by atoms with E-state index in [1.54, 1.807) is 12.1 Å². The van der Waals surface area contributed by atoms with E-state index in [0.717, 1.165) is 22.5 Å². The highest BCUT2D eigenvalue weighted by Gasteiger charge is 2.19. The molecule has 2 rings (SSSR count). The SMILES string of the molecule is Cc1[nH]nc(-c2ccc(Cl)cc2)c1CC(=O)NC(CO)C(C)C. The Kier molecular flexibility index (Phi) is 5.80. The lowest BCUT2D eigenvalue weighted by Crippen LogP contribution is -2.41. The van der Waals surface area contributed by atoms with Gasteiger partial charge >= 0.3 is 0 Å². The average Bonchev–Trinajstić information content (AvgIpc) is 2.86. The maximum atomic E-state index is 12.3. The van der Waals surface area contributed by atoms with Crippen LogP contribution in [0.5, 0.6) is 0 Å². The van der Waals surface area contributed by atoms with Crippen molar-refractivity contribution in [3.8, 4) is 11.3 Å². The quantitative estimate of drug-likeness (QED) is 0.759. The zero-order valence-electron chi connectivity index (χ0n) is 13.6. The number of aromatic nitrogens is 2. The Morgan fingerprint density at radius 1 is 1.35 bits per heavy atom. The van der Waals surface area contributed by atoms with Crippen LogP contribution in [-0.2, 0) is 11.2 Å². The summed E-state index contributed by atoms with van der Waals surface area (Å²) in [6, 6.07) is 7.11. The molecule has 0 bridgehead atoms. The third kappa shape index (κ3) is 4.33. The van der Waals surface area contributed by atoms with Crippen LogP contribution in [0.3, 0.4) is 0 Å². The number of hydrogen-bond acceptors (Lipinski definition) is 3. The van der Waals surface area contributed by atoms with Crippen LogP contribution in [0.15, 0.2) is 24.3 Å². The molecule has 1 heterocycles. The second-order valence-corrected chi connectivity index (χ2v) is 6.40. The molecule has 0 saturated carbocycles. The van der Waals surface area contributed by atoms with Crippen LogP contribution in [-0.4, -0.2) is 33.9 Å².